The van der Waals surface area contributed by atoms with Crippen LogP contribution in [0.3, 0.4) is 0 Å². The van der Waals surface area contributed by atoms with Crippen LogP contribution in [0.15, 0.2) is 41.3 Å². The van der Waals surface area contributed by atoms with E-state index in [2.05, 4.69) is 19.2 Å². The van der Waals surface area contributed by atoms with Gasteiger partial charge in [-0.1, -0.05) is 26.0 Å². The molecule has 0 aromatic heterocycles. The largest absolute Gasteiger partial charge is 0.493 e. The zero-order chi connectivity index (χ0) is 24.1. The van der Waals surface area contributed by atoms with Crippen LogP contribution in [0, 0.1) is 19.8 Å². The minimum Gasteiger partial charge on any atom is -0.493 e. The van der Waals surface area contributed by atoms with E-state index < -0.39 is 17.1 Å². The second-order valence-electron chi connectivity index (χ2n) is 8.23. The van der Waals surface area contributed by atoms with Crippen LogP contribution in [-0.4, -0.2) is 42.2 Å². The van der Waals surface area contributed by atoms with Crippen molar-refractivity contribution >= 4 is 40.6 Å². The van der Waals surface area contributed by atoms with Gasteiger partial charge in [0, 0.05) is 5.69 Å². The van der Waals surface area contributed by atoms with Gasteiger partial charge in [-0.15, -0.1) is 0 Å². The topological polar surface area (TPSA) is 84.9 Å². The Kier molecular flexibility index (Phi) is 7.81. The Hall–Kier alpha value is -3.26. The molecule has 1 heterocycles. The van der Waals surface area contributed by atoms with Gasteiger partial charge in [0.15, 0.2) is 11.5 Å². The number of methoxy groups -OCH3 is 1. The fraction of sp³-hybridized carbons (Fsp3) is 0.320. The monoisotopic (exact) mass is 468 g/mol. The summed E-state index contributed by atoms with van der Waals surface area (Å²) < 4.78 is 11.2. The van der Waals surface area contributed by atoms with E-state index in [9.17, 15) is 14.4 Å². The Morgan fingerprint density at radius 3 is 2.52 bits per heavy atom. The van der Waals surface area contributed by atoms with Crippen molar-refractivity contribution < 1.29 is 23.9 Å². The Morgan fingerprint density at radius 2 is 1.85 bits per heavy atom. The van der Waals surface area contributed by atoms with E-state index in [1.165, 1.54) is 0 Å². The van der Waals surface area contributed by atoms with Crippen molar-refractivity contribution in [2.45, 2.75) is 27.7 Å². The van der Waals surface area contributed by atoms with Crippen LogP contribution < -0.4 is 14.8 Å². The summed E-state index contributed by atoms with van der Waals surface area (Å²) in [6, 6.07) is 10.9. The van der Waals surface area contributed by atoms with E-state index in [1.54, 1.807) is 37.5 Å². The summed E-state index contributed by atoms with van der Waals surface area (Å²) in [4.78, 5) is 38.8. The number of anilines is 1. The maximum Gasteiger partial charge on any atom is 0.294 e. The minimum absolute atomic E-state index is 0.247. The summed E-state index contributed by atoms with van der Waals surface area (Å²) in [5.41, 5.74) is 3.46. The van der Waals surface area contributed by atoms with Crippen LogP contribution >= 0.6 is 11.8 Å². The zero-order valence-electron chi connectivity index (χ0n) is 19.4. The smallest absolute Gasteiger partial charge is 0.294 e. The third kappa shape index (κ3) is 6.16. The van der Waals surface area contributed by atoms with Gasteiger partial charge in [0.05, 0.1) is 18.6 Å². The molecule has 2 aromatic rings. The van der Waals surface area contributed by atoms with Crippen molar-refractivity contribution in [2.24, 2.45) is 5.92 Å². The predicted octanol–water partition coefficient (Wildman–Crippen LogP) is 5.02. The van der Waals surface area contributed by atoms with Crippen molar-refractivity contribution in [2.75, 3.05) is 25.6 Å². The number of amides is 3. The second-order valence-corrected chi connectivity index (χ2v) is 9.22. The number of carbonyl (C=O) groups excluding carboxylic acids is 3. The predicted molar refractivity (Wildman–Crippen MR) is 131 cm³/mol. The molecule has 33 heavy (non-hydrogen) atoms. The lowest BCUT2D eigenvalue weighted by atomic mass is 10.1. The summed E-state index contributed by atoms with van der Waals surface area (Å²) >= 11 is 0.808. The zero-order valence-corrected chi connectivity index (χ0v) is 20.2. The second kappa shape index (κ2) is 10.6. The van der Waals surface area contributed by atoms with Gasteiger partial charge in [0.25, 0.3) is 11.1 Å². The molecule has 2 aromatic carbocycles. The maximum atomic E-state index is 12.8. The summed E-state index contributed by atoms with van der Waals surface area (Å²) in [6.45, 7) is 8.25. The number of ether oxygens (including phenoxy) is 2. The van der Waals surface area contributed by atoms with Gasteiger partial charge < -0.3 is 14.8 Å². The maximum absolute atomic E-state index is 12.8. The number of thioether (sulfide) groups is 1. The Bertz CT molecular complexity index is 1110. The Labute approximate surface area is 198 Å². The SMILES string of the molecule is COc1cc(C=C2SC(=O)N(CC(=O)Nc3ccc(C)c(C)c3)C2=O)ccc1OCC(C)C. The summed E-state index contributed by atoms with van der Waals surface area (Å²) in [5, 5.41) is 2.26. The fourth-order valence-electron chi connectivity index (χ4n) is 3.10. The highest BCUT2D eigenvalue weighted by molar-refractivity contribution is 8.18. The van der Waals surface area contributed by atoms with Crippen LogP contribution in [0.25, 0.3) is 6.08 Å². The summed E-state index contributed by atoms with van der Waals surface area (Å²) in [5.74, 6) is 0.582. The van der Waals surface area contributed by atoms with Gasteiger partial charge in [-0.3, -0.25) is 19.3 Å². The fourth-order valence-corrected chi connectivity index (χ4v) is 3.94. The molecule has 1 fully saturated rings. The highest BCUT2D eigenvalue weighted by Crippen LogP contribution is 2.34. The Morgan fingerprint density at radius 1 is 1.09 bits per heavy atom. The molecule has 0 bridgehead atoms. The van der Waals surface area contributed by atoms with Gasteiger partial charge in [-0.05, 0) is 78.6 Å². The molecule has 0 unspecified atom stereocenters. The average Bonchev–Trinajstić information content (AvgIpc) is 3.02. The lowest BCUT2D eigenvalue weighted by Crippen LogP contribution is -2.36. The first-order chi connectivity index (χ1) is 15.7. The molecule has 3 rings (SSSR count). The normalized spacial score (nSPS) is 14.8. The average molecular weight is 469 g/mol. The van der Waals surface area contributed by atoms with E-state index in [-0.39, 0.29) is 11.4 Å². The van der Waals surface area contributed by atoms with Gasteiger partial charge in [-0.25, -0.2) is 0 Å². The molecule has 1 N–H and O–H groups in total. The van der Waals surface area contributed by atoms with Gasteiger partial charge in [-0.2, -0.15) is 0 Å². The molecule has 0 saturated carbocycles. The first-order valence-corrected chi connectivity index (χ1v) is 11.4. The van der Waals surface area contributed by atoms with Crippen molar-refractivity contribution in [3.8, 4) is 11.5 Å². The number of rotatable bonds is 8. The van der Waals surface area contributed by atoms with E-state index >= 15 is 0 Å². The van der Waals surface area contributed by atoms with Crippen molar-refractivity contribution in [3.63, 3.8) is 0 Å². The third-order valence-corrected chi connectivity index (χ3v) is 5.93. The molecule has 0 radical (unpaired) electrons. The van der Waals surface area contributed by atoms with Crippen LogP contribution in [0.5, 0.6) is 11.5 Å². The standard InChI is InChI=1S/C25H28N2O5S/c1-15(2)14-32-20-9-7-18(11-21(20)31-5)12-22-24(29)27(25(30)33-22)13-23(28)26-19-8-6-16(3)17(4)10-19/h6-12,15H,13-14H2,1-5H3,(H,26,28). The highest BCUT2D eigenvalue weighted by Gasteiger charge is 2.36. The number of nitrogens with zero attached hydrogens (tertiary/aromatic N) is 1. The molecule has 3 amide bonds. The molecule has 1 saturated heterocycles. The first kappa shape index (κ1) is 24.4. The van der Waals surface area contributed by atoms with Crippen LogP contribution in [0.1, 0.15) is 30.5 Å². The number of nitrogens with one attached hydrogen (secondary N) is 1. The molecule has 0 spiro atoms. The van der Waals surface area contributed by atoms with E-state index in [1.807, 2.05) is 26.0 Å². The number of benzene rings is 2. The molecular weight excluding hydrogens is 440 g/mol. The molecule has 174 valence electrons. The van der Waals surface area contributed by atoms with Crippen LogP contribution in [0.2, 0.25) is 0 Å². The van der Waals surface area contributed by atoms with Crippen LogP contribution in [0.4, 0.5) is 10.5 Å². The number of hydrogen-bond donors (Lipinski definition) is 1. The minimum atomic E-state index is -0.501. The van der Waals surface area contributed by atoms with Crippen LogP contribution in [-0.2, 0) is 9.59 Å². The quantitative estimate of drug-likeness (QED) is 0.548. The first-order valence-electron chi connectivity index (χ1n) is 10.6. The molecule has 1 aliphatic heterocycles. The molecular formula is C25H28N2O5S. The van der Waals surface area contributed by atoms with Gasteiger partial charge in [0.1, 0.15) is 6.54 Å². The van der Waals surface area contributed by atoms with Crippen molar-refractivity contribution in [1.29, 1.82) is 0 Å². The number of hydrogen-bond acceptors (Lipinski definition) is 6. The van der Waals surface area contributed by atoms with E-state index in [0.29, 0.717) is 35.3 Å². The number of aryl methyl sites for hydroxylation is 2. The summed E-state index contributed by atoms with van der Waals surface area (Å²) in [6.07, 6.45) is 1.61. The lowest BCUT2D eigenvalue weighted by molar-refractivity contribution is -0.127. The molecule has 1 aliphatic rings. The molecule has 0 aliphatic carbocycles. The Balaban J connectivity index is 1.70. The third-order valence-electron chi connectivity index (χ3n) is 5.02. The molecule has 7 nitrogen and oxygen atoms in total. The van der Waals surface area contributed by atoms with Gasteiger partial charge in [0.2, 0.25) is 5.91 Å². The molecule has 0 atom stereocenters. The van der Waals surface area contributed by atoms with Crippen molar-refractivity contribution in [1.82, 2.24) is 4.90 Å². The van der Waals surface area contributed by atoms with Crippen molar-refractivity contribution in [3.05, 3.63) is 58.0 Å². The van der Waals surface area contributed by atoms with Gasteiger partial charge >= 0.3 is 0 Å². The van der Waals surface area contributed by atoms with E-state index in [4.69, 9.17) is 9.47 Å². The molecule has 8 heteroatoms. The lowest BCUT2D eigenvalue weighted by Gasteiger charge is -2.13. The van der Waals surface area contributed by atoms with E-state index in [0.717, 1.165) is 27.8 Å². The summed E-state index contributed by atoms with van der Waals surface area (Å²) in [7, 11) is 1.55. The number of carbonyl (C=O) groups is 3. The number of imide groups is 1. The highest BCUT2D eigenvalue weighted by atomic mass is 32.2.